The molecule has 0 spiro atoms. The second-order valence-corrected chi connectivity index (χ2v) is 5.48. The molecule has 104 valence electrons. The molecule has 2 atom stereocenters. The number of carbonyl (C=O) groups excluding carboxylic acids is 1. The smallest absolute Gasteiger partial charge is 0.223 e. The van der Waals surface area contributed by atoms with Crippen molar-refractivity contribution in [3.8, 4) is 0 Å². The molecule has 0 aromatic heterocycles. The molecule has 19 heavy (non-hydrogen) atoms. The van der Waals surface area contributed by atoms with Crippen molar-refractivity contribution in [2.45, 2.75) is 25.7 Å². The molecule has 0 heterocycles. The van der Waals surface area contributed by atoms with Gasteiger partial charge < -0.3 is 10.6 Å². The highest BCUT2D eigenvalue weighted by atomic mass is 35.5. The molecule has 0 saturated heterocycles. The van der Waals surface area contributed by atoms with Crippen molar-refractivity contribution in [2.75, 3.05) is 19.6 Å². The summed E-state index contributed by atoms with van der Waals surface area (Å²) in [4.78, 5) is 11.9. The van der Waals surface area contributed by atoms with E-state index in [1.807, 2.05) is 24.3 Å². The molecule has 4 heteroatoms. The highest BCUT2D eigenvalue weighted by Crippen LogP contribution is 2.47. The van der Waals surface area contributed by atoms with Crippen molar-refractivity contribution in [3.63, 3.8) is 0 Å². The predicted octanol–water partition coefficient (Wildman–Crippen LogP) is 2.56. The highest BCUT2D eigenvalue weighted by molar-refractivity contribution is 6.30. The van der Waals surface area contributed by atoms with Gasteiger partial charge >= 0.3 is 0 Å². The van der Waals surface area contributed by atoms with E-state index < -0.39 is 0 Å². The topological polar surface area (TPSA) is 41.1 Å². The molecule has 1 fully saturated rings. The zero-order valence-corrected chi connectivity index (χ0v) is 12.0. The molecule has 1 aliphatic carbocycles. The molecule has 1 amide bonds. The van der Waals surface area contributed by atoms with Crippen LogP contribution in [0.5, 0.6) is 0 Å². The molecule has 1 saturated carbocycles. The number of hydrogen-bond acceptors (Lipinski definition) is 2. The predicted molar refractivity (Wildman–Crippen MR) is 78.5 cm³/mol. The van der Waals surface area contributed by atoms with Crippen molar-refractivity contribution in [1.29, 1.82) is 0 Å². The molecule has 2 N–H and O–H groups in total. The fourth-order valence-electron chi connectivity index (χ4n) is 2.30. The molecule has 3 nitrogen and oxygen atoms in total. The summed E-state index contributed by atoms with van der Waals surface area (Å²) in [6, 6.07) is 7.82. The van der Waals surface area contributed by atoms with E-state index in [1.165, 1.54) is 5.56 Å². The lowest BCUT2D eigenvalue weighted by molar-refractivity contribution is -0.122. The van der Waals surface area contributed by atoms with Gasteiger partial charge in [-0.2, -0.15) is 0 Å². The zero-order chi connectivity index (χ0) is 13.7. The van der Waals surface area contributed by atoms with Gasteiger partial charge in [0.15, 0.2) is 0 Å². The first kappa shape index (κ1) is 14.4. The van der Waals surface area contributed by atoms with Crippen molar-refractivity contribution in [2.24, 2.45) is 5.92 Å². The molecule has 0 bridgehead atoms. The number of halogens is 1. The lowest BCUT2D eigenvalue weighted by atomic mass is 10.1. The van der Waals surface area contributed by atoms with Crippen molar-refractivity contribution < 1.29 is 4.79 Å². The minimum Gasteiger partial charge on any atom is -0.355 e. The minimum atomic E-state index is 0.129. The molecular weight excluding hydrogens is 260 g/mol. The molecule has 1 aliphatic rings. The number of amides is 1. The van der Waals surface area contributed by atoms with Gasteiger partial charge in [-0.15, -0.1) is 0 Å². The Bertz CT molecular complexity index is 436. The monoisotopic (exact) mass is 280 g/mol. The standard InChI is InChI=1S/C15H21ClN2O/c1-2-6-17-7-8-18-15(19)14-10-13(14)11-4-3-5-12(16)9-11/h3-5,9,13-14,17H,2,6-8,10H2,1H3,(H,18,19). The summed E-state index contributed by atoms with van der Waals surface area (Å²) in [7, 11) is 0. The van der Waals surface area contributed by atoms with Crippen LogP contribution >= 0.6 is 11.6 Å². The second-order valence-electron chi connectivity index (χ2n) is 5.04. The average Bonchev–Trinajstić information content (AvgIpc) is 3.18. The van der Waals surface area contributed by atoms with Crippen molar-refractivity contribution in [3.05, 3.63) is 34.9 Å². The molecule has 2 rings (SSSR count). The van der Waals surface area contributed by atoms with Gasteiger partial charge in [0.1, 0.15) is 0 Å². The molecular formula is C15H21ClN2O. The Morgan fingerprint density at radius 1 is 1.37 bits per heavy atom. The summed E-state index contributed by atoms with van der Waals surface area (Å²) in [6.07, 6.45) is 2.06. The van der Waals surface area contributed by atoms with Crippen LogP contribution in [-0.2, 0) is 4.79 Å². The Kier molecular flexibility index (Phi) is 5.23. The number of hydrogen-bond donors (Lipinski definition) is 2. The first-order valence-electron chi connectivity index (χ1n) is 6.96. The zero-order valence-electron chi connectivity index (χ0n) is 11.3. The summed E-state index contributed by atoms with van der Waals surface area (Å²) < 4.78 is 0. The molecule has 0 aliphatic heterocycles. The molecule has 2 unspecified atom stereocenters. The van der Waals surface area contributed by atoms with Gasteiger partial charge in [-0.3, -0.25) is 4.79 Å². The van der Waals surface area contributed by atoms with Gasteiger partial charge in [0.2, 0.25) is 5.91 Å². The largest absolute Gasteiger partial charge is 0.355 e. The Morgan fingerprint density at radius 3 is 2.95 bits per heavy atom. The fourth-order valence-corrected chi connectivity index (χ4v) is 2.50. The van der Waals surface area contributed by atoms with E-state index in [-0.39, 0.29) is 11.8 Å². The van der Waals surface area contributed by atoms with Gasteiger partial charge in [0, 0.05) is 24.0 Å². The van der Waals surface area contributed by atoms with Crippen LogP contribution in [0.4, 0.5) is 0 Å². The third kappa shape index (κ3) is 4.22. The van der Waals surface area contributed by atoms with Crippen molar-refractivity contribution >= 4 is 17.5 Å². The summed E-state index contributed by atoms with van der Waals surface area (Å²) in [5.74, 6) is 0.648. The van der Waals surface area contributed by atoms with Gasteiger partial charge in [-0.1, -0.05) is 30.7 Å². The van der Waals surface area contributed by atoms with Crippen LogP contribution in [0.15, 0.2) is 24.3 Å². The van der Waals surface area contributed by atoms with E-state index in [9.17, 15) is 4.79 Å². The first-order valence-corrected chi connectivity index (χ1v) is 7.34. The highest BCUT2D eigenvalue weighted by Gasteiger charge is 2.43. The van der Waals surface area contributed by atoms with Gasteiger partial charge in [-0.05, 0) is 43.0 Å². The summed E-state index contributed by atoms with van der Waals surface area (Å²) in [5, 5.41) is 6.99. The van der Waals surface area contributed by atoms with Gasteiger partial charge in [-0.25, -0.2) is 0 Å². The van der Waals surface area contributed by atoms with Crippen LogP contribution in [0.1, 0.15) is 31.2 Å². The maximum Gasteiger partial charge on any atom is 0.223 e. The third-order valence-corrected chi connectivity index (χ3v) is 3.67. The minimum absolute atomic E-state index is 0.129. The quantitative estimate of drug-likeness (QED) is 0.754. The van der Waals surface area contributed by atoms with Crippen LogP contribution in [-0.4, -0.2) is 25.5 Å². The summed E-state index contributed by atoms with van der Waals surface area (Å²) in [5.41, 5.74) is 1.18. The first-order chi connectivity index (χ1) is 9.22. The van der Waals surface area contributed by atoms with E-state index >= 15 is 0 Å². The van der Waals surface area contributed by atoms with Crippen LogP contribution in [0.25, 0.3) is 0 Å². The van der Waals surface area contributed by atoms with Gasteiger partial charge in [0.25, 0.3) is 0 Å². The normalized spacial score (nSPS) is 21.2. The van der Waals surface area contributed by atoms with E-state index in [0.717, 1.165) is 31.0 Å². The number of benzene rings is 1. The summed E-state index contributed by atoms with van der Waals surface area (Å²) in [6.45, 7) is 4.68. The van der Waals surface area contributed by atoms with Crippen LogP contribution in [0.2, 0.25) is 5.02 Å². The van der Waals surface area contributed by atoms with E-state index in [4.69, 9.17) is 11.6 Å². The summed E-state index contributed by atoms with van der Waals surface area (Å²) >= 11 is 5.97. The molecule has 0 radical (unpaired) electrons. The van der Waals surface area contributed by atoms with E-state index in [2.05, 4.69) is 17.6 Å². The Morgan fingerprint density at radius 2 is 2.21 bits per heavy atom. The third-order valence-electron chi connectivity index (χ3n) is 3.43. The lowest BCUT2D eigenvalue weighted by Crippen LogP contribution is -2.33. The van der Waals surface area contributed by atoms with E-state index in [0.29, 0.717) is 12.5 Å². The Balaban J connectivity index is 1.72. The average molecular weight is 281 g/mol. The Hall–Kier alpha value is -1.06. The molecule has 1 aromatic carbocycles. The van der Waals surface area contributed by atoms with Crippen molar-refractivity contribution in [1.82, 2.24) is 10.6 Å². The van der Waals surface area contributed by atoms with E-state index in [1.54, 1.807) is 0 Å². The SMILES string of the molecule is CCCNCCNC(=O)C1CC1c1cccc(Cl)c1. The molecule has 1 aromatic rings. The lowest BCUT2D eigenvalue weighted by Gasteiger charge is -2.06. The van der Waals surface area contributed by atoms with Crippen LogP contribution in [0, 0.1) is 5.92 Å². The Labute approximate surface area is 119 Å². The van der Waals surface area contributed by atoms with Gasteiger partial charge in [0.05, 0.1) is 0 Å². The number of nitrogens with one attached hydrogen (secondary N) is 2. The fraction of sp³-hybridized carbons (Fsp3) is 0.533. The number of carbonyl (C=O) groups is 1. The maximum atomic E-state index is 11.9. The second kappa shape index (κ2) is 6.92. The van der Waals surface area contributed by atoms with Crippen LogP contribution < -0.4 is 10.6 Å². The maximum absolute atomic E-state index is 11.9. The van der Waals surface area contributed by atoms with Crippen LogP contribution in [0.3, 0.4) is 0 Å². The number of rotatable bonds is 7.